The number of benzene rings is 3. The van der Waals surface area contributed by atoms with Crippen molar-refractivity contribution in [3.05, 3.63) is 83.4 Å². The second-order valence-electron chi connectivity index (χ2n) is 5.92. The minimum Gasteiger partial charge on any atom is -0.301 e. The summed E-state index contributed by atoms with van der Waals surface area (Å²) in [6, 6.07) is 23.4. The number of anilines is 2. The van der Waals surface area contributed by atoms with Gasteiger partial charge in [0.25, 0.3) is 0 Å². The standard InChI is InChI=1S/C21H20N2/c1-2-17-20-14-15-8-6-7-11-18(15)19(20)12-13-21(17)23-22-16-9-4-3-5-10-16/h3-13,22-23H,2,14H2,1H3. The van der Waals surface area contributed by atoms with E-state index in [1.54, 1.807) is 0 Å². The van der Waals surface area contributed by atoms with Crippen molar-refractivity contribution < 1.29 is 0 Å². The predicted octanol–water partition coefficient (Wildman–Crippen LogP) is 5.26. The summed E-state index contributed by atoms with van der Waals surface area (Å²) in [4.78, 5) is 0. The summed E-state index contributed by atoms with van der Waals surface area (Å²) in [7, 11) is 0. The number of nitrogens with one attached hydrogen (secondary N) is 2. The molecule has 1 aliphatic carbocycles. The summed E-state index contributed by atoms with van der Waals surface area (Å²) in [5, 5.41) is 0. The van der Waals surface area contributed by atoms with Gasteiger partial charge in [0, 0.05) is 0 Å². The highest BCUT2D eigenvalue weighted by Crippen LogP contribution is 2.40. The zero-order valence-corrected chi connectivity index (χ0v) is 13.3. The Morgan fingerprint density at radius 1 is 0.783 bits per heavy atom. The Morgan fingerprint density at radius 2 is 1.57 bits per heavy atom. The van der Waals surface area contributed by atoms with Crippen molar-refractivity contribution in [2.24, 2.45) is 0 Å². The summed E-state index contributed by atoms with van der Waals surface area (Å²) >= 11 is 0. The quantitative estimate of drug-likeness (QED) is 0.502. The monoisotopic (exact) mass is 300 g/mol. The molecule has 114 valence electrons. The lowest BCUT2D eigenvalue weighted by molar-refractivity contribution is 1.08. The van der Waals surface area contributed by atoms with Gasteiger partial charge in [-0.05, 0) is 58.9 Å². The molecule has 0 aromatic heterocycles. The molecule has 0 atom stereocenters. The SMILES string of the molecule is CCc1c(NNc2ccccc2)ccc2c1Cc1ccccc1-2. The molecule has 3 aromatic rings. The molecule has 0 unspecified atom stereocenters. The van der Waals surface area contributed by atoms with Gasteiger partial charge >= 0.3 is 0 Å². The van der Waals surface area contributed by atoms with E-state index < -0.39 is 0 Å². The first-order valence-corrected chi connectivity index (χ1v) is 8.17. The molecule has 0 amide bonds. The molecule has 4 rings (SSSR count). The lowest BCUT2D eigenvalue weighted by Crippen LogP contribution is -2.11. The Kier molecular flexibility index (Phi) is 3.51. The van der Waals surface area contributed by atoms with Crippen molar-refractivity contribution in [1.29, 1.82) is 0 Å². The Bertz CT molecular complexity index is 838. The van der Waals surface area contributed by atoms with E-state index in [0.29, 0.717) is 0 Å². The molecule has 0 saturated heterocycles. The number of fused-ring (bicyclic) bond motifs is 3. The molecule has 0 radical (unpaired) electrons. The number of hydrazine groups is 1. The third-order valence-electron chi connectivity index (χ3n) is 4.57. The van der Waals surface area contributed by atoms with Crippen LogP contribution in [0.4, 0.5) is 11.4 Å². The Labute approximate surface area is 137 Å². The van der Waals surface area contributed by atoms with Crippen LogP contribution in [0, 0.1) is 0 Å². The summed E-state index contributed by atoms with van der Waals surface area (Å²) in [5.41, 5.74) is 16.0. The fourth-order valence-electron chi connectivity index (χ4n) is 3.46. The predicted molar refractivity (Wildman–Crippen MR) is 97.7 cm³/mol. The summed E-state index contributed by atoms with van der Waals surface area (Å²) in [6.45, 7) is 2.23. The highest BCUT2D eigenvalue weighted by Gasteiger charge is 2.21. The molecule has 0 aliphatic heterocycles. The van der Waals surface area contributed by atoms with Gasteiger partial charge in [0.2, 0.25) is 0 Å². The van der Waals surface area contributed by atoms with E-state index >= 15 is 0 Å². The van der Waals surface area contributed by atoms with Gasteiger partial charge < -0.3 is 10.9 Å². The third kappa shape index (κ3) is 2.46. The molecule has 0 heterocycles. The van der Waals surface area contributed by atoms with Crippen molar-refractivity contribution in [3.8, 4) is 11.1 Å². The van der Waals surface area contributed by atoms with Gasteiger partial charge in [-0.1, -0.05) is 55.5 Å². The van der Waals surface area contributed by atoms with Crippen molar-refractivity contribution in [1.82, 2.24) is 0 Å². The highest BCUT2D eigenvalue weighted by molar-refractivity contribution is 5.81. The maximum absolute atomic E-state index is 3.39. The average molecular weight is 300 g/mol. The van der Waals surface area contributed by atoms with E-state index in [1.807, 2.05) is 18.2 Å². The first-order valence-electron chi connectivity index (χ1n) is 8.17. The zero-order valence-electron chi connectivity index (χ0n) is 13.3. The molecule has 2 heteroatoms. The maximum Gasteiger partial charge on any atom is 0.0575 e. The molecular weight excluding hydrogens is 280 g/mol. The molecule has 3 aromatic carbocycles. The van der Waals surface area contributed by atoms with Crippen molar-refractivity contribution in [2.45, 2.75) is 19.8 Å². The minimum atomic E-state index is 1.02. The van der Waals surface area contributed by atoms with Crippen LogP contribution in [-0.4, -0.2) is 0 Å². The first-order chi connectivity index (χ1) is 11.4. The van der Waals surface area contributed by atoms with E-state index in [1.165, 1.54) is 33.5 Å². The highest BCUT2D eigenvalue weighted by atomic mass is 15.4. The molecule has 1 aliphatic rings. The molecule has 2 N–H and O–H groups in total. The lowest BCUT2D eigenvalue weighted by Gasteiger charge is -2.16. The van der Waals surface area contributed by atoms with Crippen LogP contribution >= 0.6 is 0 Å². The normalized spacial score (nSPS) is 11.7. The molecule has 2 nitrogen and oxygen atoms in total. The van der Waals surface area contributed by atoms with E-state index in [-0.39, 0.29) is 0 Å². The van der Waals surface area contributed by atoms with Crippen LogP contribution in [0.3, 0.4) is 0 Å². The van der Waals surface area contributed by atoms with Gasteiger partial charge in [0.1, 0.15) is 0 Å². The fourth-order valence-corrected chi connectivity index (χ4v) is 3.46. The first kappa shape index (κ1) is 13.9. The van der Waals surface area contributed by atoms with Crippen LogP contribution in [0.2, 0.25) is 0 Å². The number of hydrogen-bond donors (Lipinski definition) is 2. The number of hydrogen-bond acceptors (Lipinski definition) is 2. The fraction of sp³-hybridized carbons (Fsp3) is 0.143. The largest absolute Gasteiger partial charge is 0.301 e. The van der Waals surface area contributed by atoms with E-state index in [9.17, 15) is 0 Å². The molecule has 0 spiro atoms. The maximum atomic E-state index is 3.39. The smallest absolute Gasteiger partial charge is 0.0575 e. The third-order valence-corrected chi connectivity index (χ3v) is 4.57. The van der Waals surface area contributed by atoms with Crippen molar-refractivity contribution in [2.75, 3.05) is 10.9 Å². The molecule has 0 bridgehead atoms. The van der Waals surface area contributed by atoms with Crippen LogP contribution in [0.15, 0.2) is 66.7 Å². The van der Waals surface area contributed by atoms with Crippen LogP contribution < -0.4 is 10.9 Å². The number of para-hydroxylation sites is 1. The van der Waals surface area contributed by atoms with Crippen LogP contribution in [-0.2, 0) is 12.8 Å². The van der Waals surface area contributed by atoms with Gasteiger partial charge in [-0.25, -0.2) is 0 Å². The van der Waals surface area contributed by atoms with Crippen LogP contribution in [0.5, 0.6) is 0 Å². The Balaban J connectivity index is 1.66. The van der Waals surface area contributed by atoms with Crippen molar-refractivity contribution in [3.63, 3.8) is 0 Å². The van der Waals surface area contributed by atoms with Gasteiger partial charge in [0.05, 0.1) is 11.4 Å². The van der Waals surface area contributed by atoms with Crippen LogP contribution in [0.25, 0.3) is 11.1 Å². The summed E-state index contributed by atoms with van der Waals surface area (Å²) in [6.07, 6.45) is 2.06. The van der Waals surface area contributed by atoms with Gasteiger partial charge in [-0.3, -0.25) is 0 Å². The van der Waals surface area contributed by atoms with Crippen LogP contribution in [0.1, 0.15) is 23.6 Å². The topological polar surface area (TPSA) is 24.1 Å². The van der Waals surface area contributed by atoms with E-state index in [4.69, 9.17) is 0 Å². The molecule has 23 heavy (non-hydrogen) atoms. The van der Waals surface area contributed by atoms with Gasteiger partial charge in [-0.2, -0.15) is 0 Å². The molecule has 0 saturated carbocycles. The molecule has 0 fully saturated rings. The Morgan fingerprint density at radius 3 is 2.39 bits per heavy atom. The Hall–Kier alpha value is -2.74. The van der Waals surface area contributed by atoms with Gasteiger partial charge in [-0.15, -0.1) is 0 Å². The zero-order chi connectivity index (χ0) is 15.6. The second-order valence-corrected chi connectivity index (χ2v) is 5.92. The minimum absolute atomic E-state index is 1.02. The van der Waals surface area contributed by atoms with E-state index in [0.717, 1.165) is 18.5 Å². The number of rotatable bonds is 4. The summed E-state index contributed by atoms with van der Waals surface area (Å²) in [5.74, 6) is 0. The van der Waals surface area contributed by atoms with Gasteiger partial charge in [0.15, 0.2) is 0 Å². The molecular formula is C21H20N2. The lowest BCUT2D eigenvalue weighted by atomic mass is 9.98. The summed E-state index contributed by atoms with van der Waals surface area (Å²) < 4.78 is 0. The van der Waals surface area contributed by atoms with Crippen molar-refractivity contribution >= 4 is 11.4 Å². The van der Waals surface area contributed by atoms with E-state index in [2.05, 4.69) is 66.3 Å². The second kappa shape index (κ2) is 5.81. The average Bonchev–Trinajstić information content (AvgIpc) is 2.99.